The molecule has 1 aromatic rings. The van der Waals surface area contributed by atoms with Crippen LogP contribution in [0, 0.1) is 0 Å². The second kappa shape index (κ2) is 6.91. The van der Waals surface area contributed by atoms with Crippen molar-refractivity contribution in [3.05, 3.63) is 10.7 Å². The highest BCUT2D eigenvalue weighted by Gasteiger charge is 2.25. The van der Waals surface area contributed by atoms with Crippen LogP contribution in [-0.2, 0) is 19.5 Å². The van der Waals surface area contributed by atoms with E-state index in [1.165, 1.54) is 7.11 Å². The number of methoxy groups -OCH3 is 1. The average molecular weight is 327 g/mol. The minimum Gasteiger partial charge on any atom is -0.461 e. The summed E-state index contributed by atoms with van der Waals surface area (Å²) in [7, 11) is -2.35. The standard InChI is InChI=1S/C10H15ClN2O6S/c1-4-18-10(14)8-7(11)9(19-12-8)13-20(15,16)5-6(2)17-3/h6,13H,4-5H2,1-3H3. The van der Waals surface area contributed by atoms with Crippen LogP contribution in [0.5, 0.6) is 0 Å². The Kier molecular flexibility index (Phi) is 5.78. The fourth-order valence-electron chi connectivity index (χ4n) is 1.23. The Labute approximate surface area is 121 Å². The quantitative estimate of drug-likeness (QED) is 0.752. The summed E-state index contributed by atoms with van der Waals surface area (Å²) in [6.07, 6.45) is -0.515. The van der Waals surface area contributed by atoms with Gasteiger partial charge in [0.25, 0.3) is 5.88 Å². The van der Waals surface area contributed by atoms with Crippen LogP contribution in [0.3, 0.4) is 0 Å². The number of ether oxygens (including phenoxy) is 2. The SMILES string of the molecule is CCOC(=O)c1noc(NS(=O)(=O)CC(C)OC)c1Cl. The molecule has 0 radical (unpaired) electrons. The molecule has 1 N–H and O–H groups in total. The monoisotopic (exact) mass is 326 g/mol. The van der Waals surface area contributed by atoms with Crippen molar-refractivity contribution in [3.8, 4) is 0 Å². The Bertz CT molecular complexity index is 570. The number of rotatable bonds is 7. The van der Waals surface area contributed by atoms with E-state index in [9.17, 15) is 13.2 Å². The van der Waals surface area contributed by atoms with Gasteiger partial charge in [-0.1, -0.05) is 16.8 Å². The van der Waals surface area contributed by atoms with Gasteiger partial charge in [0, 0.05) is 7.11 Å². The Hall–Kier alpha value is -1.32. The maximum atomic E-state index is 11.8. The lowest BCUT2D eigenvalue weighted by molar-refractivity contribution is 0.0515. The molecule has 1 rings (SSSR count). The van der Waals surface area contributed by atoms with E-state index in [1.54, 1.807) is 13.8 Å². The molecule has 0 bridgehead atoms. The van der Waals surface area contributed by atoms with Crippen LogP contribution in [0.25, 0.3) is 0 Å². The number of carbonyl (C=O) groups is 1. The average Bonchev–Trinajstić information content (AvgIpc) is 2.70. The van der Waals surface area contributed by atoms with Gasteiger partial charge < -0.3 is 14.0 Å². The minimum atomic E-state index is -3.74. The highest BCUT2D eigenvalue weighted by atomic mass is 35.5. The summed E-state index contributed by atoms with van der Waals surface area (Å²) in [4.78, 5) is 11.4. The number of anilines is 1. The van der Waals surface area contributed by atoms with Crippen molar-refractivity contribution in [3.63, 3.8) is 0 Å². The van der Waals surface area contributed by atoms with E-state index in [0.29, 0.717) is 0 Å². The zero-order valence-corrected chi connectivity index (χ0v) is 12.7. The number of aromatic nitrogens is 1. The van der Waals surface area contributed by atoms with Crippen LogP contribution in [0.1, 0.15) is 24.3 Å². The summed E-state index contributed by atoms with van der Waals surface area (Å²) >= 11 is 5.82. The number of nitrogens with one attached hydrogen (secondary N) is 1. The van der Waals surface area contributed by atoms with Gasteiger partial charge in [0.2, 0.25) is 15.7 Å². The summed E-state index contributed by atoms with van der Waals surface area (Å²) in [5.74, 6) is -1.43. The first-order valence-corrected chi connectivity index (χ1v) is 7.69. The van der Waals surface area contributed by atoms with Gasteiger partial charge in [0.05, 0.1) is 18.5 Å². The number of hydrogen-bond donors (Lipinski definition) is 1. The van der Waals surface area contributed by atoms with Crippen LogP contribution in [0.15, 0.2) is 4.52 Å². The lowest BCUT2D eigenvalue weighted by Gasteiger charge is -2.10. The summed E-state index contributed by atoms with van der Waals surface area (Å²) in [6, 6.07) is 0. The number of hydrogen-bond acceptors (Lipinski definition) is 7. The lowest BCUT2D eigenvalue weighted by atomic mass is 10.4. The first-order chi connectivity index (χ1) is 9.30. The molecule has 0 spiro atoms. The molecule has 20 heavy (non-hydrogen) atoms. The van der Waals surface area contributed by atoms with Gasteiger partial charge in [0.15, 0.2) is 0 Å². The van der Waals surface area contributed by atoms with Crippen molar-refractivity contribution < 1.29 is 27.2 Å². The van der Waals surface area contributed by atoms with Gasteiger partial charge in [-0.15, -0.1) is 0 Å². The van der Waals surface area contributed by atoms with E-state index >= 15 is 0 Å². The predicted molar refractivity (Wildman–Crippen MR) is 71.4 cm³/mol. The minimum absolute atomic E-state index is 0.133. The molecule has 0 aliphatic rings. The third kappa shape index (κ3) is 4.36. The Morgan fingerprint density at radius 3 is 2.75 bits per heavy atom. The van der Waals surface area contributed by atoms with Crippen molar-refractivity contribution in [2.45, 2.75) is 20.0 Å². The van der Waals surface area contributed by atoms with Gasteiger partial charge in [-0.3, -0.25) is 0 Å². The van der Waals surface area contributed by atoms with Gasteiger partial charge in [-0.05, 0) is 13.8 Å². The summed E-state index contributed by atoms with van der Waals surface area (Å²) in [5, 5.41) is 3.13. The van der Waals surface area contributed by atoms with Gasteiger partial charge in [0.1, 0.15) is 5.02 Å². The Morgan fingerprint density at radius 1 is 1.55 bits per heavy atom. The number of sulfonamides is 1. The molecule has 10 heteroatoms. The molecular formula is C10H15ClN2O6S. The first-order valence-electron chi connectivity index (χ1n) is 5.66. The van der Waals surface area contributed by atoms with E-state index in [2.05, 4.69) is 9.88 Å². The summed E-state index contributed by atoms with van der Waals surface area (Å²) < 4.78 is 39.9. The smallest absolute Gasteiger partial charge is 0.362 e. The second-order valence-corrected chi connectivity index (χ2v) is 5.97. The van der Waals surface area contributed by atoms with Crippen molar-refractivity contribution in [1.29, 1.82) is 0 Å². The fraction of sp³-hybridized carbons (Fsp3) is 0.600. The Morgan fingerprint density at radius 2 is 2.20 bits per heavy atom. The fourth-order valence-corrected chi connectivity index (χ4v) is 2.74. The summed E-state index contributed by atoms with van der Waals surface area (Å²) in [5.41, 5.74) is -0.286. The van der Waals surface area contributed by atoms with E-state index in [0.717, 1.165) is 0 Å². The molecule has 0 aliphatic carbocycles. The van der Waals surface area contributed by atoms with Crippen LogP contribution >= 0.6 is 11.6 Å². The number of halogens is 1. The van der Waals surface area contributed by atoms with Gasteiger partial charge in [-0.2, -0.15) is 0 Å². The molecule has 1 atom stereocenters. The molecular weight excluding hydrogens is 312 g/mol. The van der Waals surface area contributed by atoms with Gasteiger partial charge in [-0.25, -0.2) is 17.9 Å². The topological polar surface area (TPSA) is 108 Å². The van der Waals surface area contributed by atoms with E-state index < -0.39 is 22.1 Å². The maximum absolute atomic E-state index is 11.8. The molecule has 114 valence electrons. The van der Waals surface area contributed by atoms with E-state index in [4.69, 9.17) is 25.6 Å². The van der Waals surface area contributed by atoms with Gasteiger partial charge >= 0.3 is 5.97 Å². The molecule has 0 amide bonds. The molecule has 1 heterocycles. The molecule has 0 aliphatic heterocycles. The Balaban J connectivity index is 2.87. The van der Waals surface area contributed by atoms with Crippen molar-refractivity contribution in [2.24, 2.45) is 0 Å². The largest absolute Gasteiger partial charge is 0.461 e. The van der Waals surface area contributed by atoms with Crippen molar-refractivity contribution in [1.82, 2.24) is 5.16 Å². The van der Waals surface area contributed by atoms with Crippen molar-refractivity contribution >= 4 is 33.5 Å². The predicted octanol–water partition coefficient (Wildman–Crippen LogP) is 1.28. The highest BCUT2D eigenvalue weighted by molar-refractivity contribution is 7.92. The third-order valence-electron chi connectivity index (χ3n) is 2.21. The zero-order chi connectivity index (χ0) is 15.3. The van der Waals surface area contributed by atoms with Crippen LogP contribution in [0.4, 0.5) is 5.88 Å². The molecule has 0 aromatic carbocycles. The highest BCUT2D eigenvalue weighted by Crippen LogP contribution is 2.27. The number of carbonyl (C=O) groups excluding carboxylic acids is 1. The van der Waals surface area contributed by atoms with Crippen LogP contribution in [-0.4, -0.2) is 45.1 Å². The number of nitrogens with zero attached hydrogens (tertiary/aromatic N) is 1. The number of esters is 1. The summed E-state index contributed by atoms with van der Waals surface area (Å²) in [6.45, 7) is 3.33. The molecule has 0 fully saturated rings. The molecule has 1 unspecified atom stereocenters. The molecule has 8 nitrogen and oxygen atoms in total. The molecule has 0 saturated carbocycles. The van der Waals surface area contributed by atoms with E-state index in [-0.39, 0.29) is 29.0 Å². The molecule has 0 saturated heterocycles. The second-order valence-electron chi connectivity index (χ2n) is 3.82. The van der Waals surface area contributed by atoms with Crippen LogP contribution in [0.2, 0.25) is 5.02 Å². The van der Waals surface area contributed by atoms with Crippen molar-refractivity contribution in [2.75, 3.05) is 24.2 Å². The molecule has 1 aromatic heterocycles. The normalized spacial score (nSPS) is 13.0. The zero-order valence-electron chi connectivity index (χ0n) is 11.2. The van der Waals surface area contributed by atoms with Crippen LogP contribution < -0.4 is 4.72 Å². The van der Waals surface area contributed by atoms with E-state index in [1.807, 2.05) is 0 Å². The maximum Gasteiger partial charge on any atom is 0.362 e. The lowest BCUT2D eigenvalue weighted by Crippen LogP contribution is -2.25. The first kappa shape index (κ1) is 16.7. The third-order valence-corrected chi connectivity index (χ3v) is 3.96.